The molecule has 0 amide bonds. The van der Waals surface area contributed by atoms with E-state index in [0.29, 0.717) is 30.4 Å². The average Bonchev–Trinajstić information content (AvgIpc) is 2.39. The van der Waals surface area contributed by atoms with E-state index in [1.54, 1.807) is 0 Å². The summed E-state index contributed by atoms with van der Waals surface area (Å²) in [6.07, 6.45) is 2.41. The van der Waals surface area contributed by atoms with Crippen molar-refractivity contribution in [2.45, 2.75) is 38.3 Å². The minimum absolute atomic E-state index is 0.267. The Bertz CT molecular complexity index is 499. The second-order valence-corrected chi connectivity index (χ2v) is 7.85. The lowest BCUT2D eigenvalue weighted by atomic mass is 10.0. The third-order valence-electron chi connectivity index (χ3n) is 3.67. The molecule has 1 aliphatic heterocycles. The molecule has 19 heavy (non-hydrogen) atoms. The zero-order chi connectivity index (χ0) is 13.9. The summed E-state index contributed by atoms with van der Waals surface area (Å²) in [4.78, 5) is 0. The molecule has 106 valence electrons. The summed E-state index contributed by atoms with van der Waals surface area (Å²) in [5.74, 6) is 0.615. The first-order chi connectivity index (χ1) is 9.00. The van der Waals surface area contributed by atoms with Gasteiger partial charge in [-0.05, 0) is 37.0 Å². The molecule has 1 fully saturated rings. The molecule has 2 rings (SSSR count). The van der Waals surface area contributed by atoms with Gasteiger partial charge in [-0.15, -0.1) is 0 Å². The number of hydrogen-bond donors (Lipinski definition) is 1. The molecule has 0 saturated carbocycles. The van der Waals surface area contributed by atoms with Crippen molar-refractivity contribution >= 4 is 21.4 Å². The first-order valence-electron chi connectivity index (χ1n) is 6.72. The molecule has 0 spiro atoms. The molecule has 1 aromatic rings. The van der Waals surface area contributed by atoms with Crippen molar-refractivity contribution in [2.75, 3.05) is 11.5 Å². The van der Waals surface area contributed by atoms with Gasteiger partial charge in [-0.2, -0.15) is 0 Å². The molecular weight excluding hydrogens is 282 g/mol. The Morgan fingerprint density at radius 1 is 1.26 bits per heavy atom. The van der Waals surface area contributed by atoms with E-state index in [1.165, 1.54) is 5.56 Å². The Hall–Kier alpha value is -0.580. The molecule has 1 aromatic carbocycles. The van der Waals surface area contributed by atoms with Gasteiger partial charge in [0.15, 0.2) is 0 Å². The Labute approximate surface area is 120 Å². The van der Waals surface area contributed by atoms with Gasteiger partial charge in [-0.3, -0.25) is 0 Å². The van der Waals surface area contributed by atoms with E-state index in [2.05, 4.69) is 12.2 Å². The second-order valence-electron chi connectivity index (χ2n) is 5.11. The summed E-state index contributed by atoms with van der Waals surface area (Å²) >= 11 is 5.90. The van der Waals surface area contributed by atoms with E-state index in [-0.39, 0.29) is 6.04 Å². The molecule has 0 bridgehead atoms. The van der Waals surface area contributed by atoms with E-state index in [4.69, 9.17) is 11.6 Å². The summed E-state index contributed by atoms with van der Waals surface area (Å²) in [6.45, 7) is 2.13. The van der Waals surface area contributed by atoms with Crippen LogP contribution in [0.3, 0.4) is 0 Å². The minimum atomic E-state index is -2.79. The van der Waals surface area contributed by atoms with Gasteiger partial charge in [-0.1, -0.05) is 30.7 Å². The van der Waals surface area contributed by atoms with E-state index < -0.39 is 9.84 Å². The minimum Gasteiger partial charge on any atom is -0.307 e. The molecule has 0 aromatic heterocycles. The Kier molecular flexibility index (Phi) is 4.87. The highest BCUT2D eigenvalue weighted by Crippen LogP contribution is 2.22. The Balaban J connectivity index is 1.98. The van der Waals surface area contributed by atoms with E-state index in [0.717, 1.165) is 11.4 Å². The highest BCUT2D eigenvalue weighted by atomic mass is 35.5. The Morgan fingerprint density at radius 2 is 1.84 bits per heavy atom. The van der Waals surface area contributed by atoms with Crippen LogP contribution in [0.5, 0.6) is 0 Å². The second kappa shape index (κ2) is 6.25. The summed E-state index contributed by atoms with van der Waals surface area (Å²) < 4.78 is 22.8. The number of nitrogens with one attached hydrogen (secondary N) is 1. The van der Waals surface area contributed by atoms with Crippen molar-refractivity contribution in [3.05, 3.63) is 34.9 Å². The predicted molar refractivity (Wildman–Crippen MR) is 79.3 cm³/mol. The van der Waals surface area contributed by atoms with Crippen molar-refractivity contribution in [2.24, 2.45) is 0 Å². The molecule has 1 heterocycles. The summed E-state index contributed by atoms with van der Waals surface area (Å²) in [5.41, 5.74) is 1.21. The maximum atomic E-state index is 11.4. The molecule has 1 N–H and O–H groups in total. The fourth-order valence-corrected chi connectivity index (χ4v) is 4.10. The van der Waals surface area contributed by atoms with E-state index >= 15 is 0 Å². The van der Waals surface area contributed by atoms with Crippen LogP contribution in [0, 0.1) is 0 Å². The van der Waals surface area contributed by atoms with Crippen LogP contribution in [0.15, 0.2) is 24.3 Å². The molecule has 1 unspecified atom stereocenters. The summed E-state index contributed by atoms with van der Waals surface area (Å²) in [7, 11) is -2.79. The maximum Gasteiger partial charge on any atom is 0.150 e. The van der Waals surface area contributed by atoms with Gasteiger partial charge in [0, 0.05) is 17.1 Å². The molecular formula is C14H20ClNO2S. The highest BCUT2D eigenvalue weighted by molar-refractivity contribution is 7.91. The lowest BCUT2D eigenvalue weighted by Gasteiger charge is -2.28. The first-order valence-corrected chi connectivity index (χ1v) is 8.92. The van der Waals surface area contributed by atoms with Gasteiger partial charge in [0.05, 0.1) is 11.5 Å². The molecule has 1 atom stereocenters. The van der Waals surface area contributed by atoms with E-state index in [1.807, 2.05) is 24.3 Å². The normalized spacial score (nSPS) is 21.2. The monoisotopic (exact) mass is 301 g/mol. The van der Waals surface area contributed by atoms with Crippen LogP contribution in [-0.2, 0) is 9.84 Å². The van der Waals surface area contributed by atoms with Gasteiger partial charge in [0.25, 0.3) is 0 Å². The van der Waals surface area contributed by atoms with Gasteiger partial charge in [-0.25, -0.2) is 8.42 Å². The first kappa shape index (κ1) is 14.8. The molecule has 3 nitrogen and oxygen atoms in total. The van der Waals surface area contributed by atoms with Crippen LogP contribution in [0.1, 0.15) is 37.8 Å². The van der Waals surface area contributed by atoms with Crippen molar-refractivity contribution in [1.82, 2.24) is 5.32 Å². The van der Waals surface area contributed by atoms with Gasteiger partial charge >= 0.3 is 0 Å². The maximum absolute atomic E-state index is 11.4. The van der Waals surface area contributed by atoms with Crippen LogP contribution >= 0.6 is 11.6 Å². The lowest BCUT2D eigenvalue weighted by molar-refractivity contribution is 0.398. The standard InChI is InChI=1S/C14H20ClNO2S/c1-2-14(11-3-5-12(15)6-4-11)16-13-7-9-19(17,18)10-8-13/h3-6,13-14,16H,2,7-10H2,1H3. The van der Waals surface area contributed by atoms with Crippen molar-refractivity contribution in [3.63, 3.8) is 0 Å². The fraction of sp³-hybridized carbons (Fsp3) is 0.571. The number of sulfone groups is 1. The quantitative estimate of drug-likeness (QED) is 0.930. The van der Waals surface area contributed by atoms with Crippen molar-refractivity contribution in [3.8, 4) is 0 Å². The number of benzene rings is 1. The van der Waals surface area contributed by atoms with Crippen molar-refractivity contribution in [1.29, 1.82) is 0 Å². The zero-order valence-electron chi connectivity index (χ0n) is 11.1. The lowest BCUT2D eigenvalue weighted by Crippen LogP contribution is -2.39. The SMILES string of the molecule is CCC(NC1CCS(=O)(=O)CC1)c1ccc(Cl)cc1. The van der Waals surface area contributed by atoms with Crippen LogP contribution in [0.25, 0.3) is 0 Å². The smallest absolute Gasteiger partial charge is 0.150 e. The Morgan fingerprint density at radius 3 is 2.37 bits per heavy atom. The number of halogens is 1. The van der Waals surface area contributed by atoms with Crippen molar-refractivity contribution < 1.29 is 8.42 Å². The largest absolute Gasteiger partial charge is 0.307 e. The van der Waals surface area contributed by atoms with Crippen LogP contribution in [0.2, 0.25) is 5.02 Å². The van der Waals surface area contributed by atoms with Crippen LogP contribution < -0.4 is 5.32 Å². The van der Waals surface area contributed by atoms with Crippen LogP contribution in [0.4, 0.5) is 0 Å². The van der Waals surface area contributed by atoms with Gasteiger partial charge in [0.1, 0.15) is 9.84 Å². The molecule has 1 saturated heterocycles. The molecule has 5 heteroatoms. The number of rotatable bonds is 4. The third kappa shape index (κ3) is 4.20. The average molecular weight is 302 g/mol. The molecule has 0 radical (unpaired) electrons. The predicted octanol–water partition coefficient (Wildman–Crippen LogP) is 2.96. The topological polar surface area (TPSA) is 46.2 Å². The van der Waals surface area contributed by atoms with E-state index in [9.17, 15) is 8.42 Å². The number of hydrogen-bond acceptors (Lipinski definition) is 3. The third-order valence-corrected chi connectivity index (χ3v) is 5.64. The fourth-order valence-electron chi connectivity index (χ4n) is 2.49. The highest BCUT2D eigenvalue weighted by Gasteiger charge is 2.25. The molecule has 0 aliphatic carbocycles. The zero-order valence-corrected chi connectivity index (χ0v) is 12.7. The van der Waals surface area contributed by atoms with Crippen LogP contribution in [-0.4, -0.2) is 26.0 Å². The molecule has 1 aliphatic rings. The summed E-state index contributed by atoms with van der Waals surface area (Å²) in [5, 5.41) is 4.31. The van der Waals surface area contributed by atoms with Gasteiger partial charge < -0.3 is 5.32 Å². The van der Waals surface area contributed by atoms with Gasteiger partial charge in [0.2, 0.25) is 0 Å². The summed E-state index contributed by atoms with van der Waals surface area (Å²) in [6, 6.07) is 8.41.